The van der Waals surface area contributed by atoms with Gasteiger partial charge in [-0.3, -0.25) is 4.79 Å². The molecule has 2 aliphatic rings. The number of carbonyl (C=O) groups excluding carboxylic acids is 1. The number of benzene rings is 1. The van der Waals surface area contributed by atoms with Gasteiger partial charge in [0.25, 0.3) is 5.91 Å². The van der Waals surface area contributed by atoms with E-state index in [1.807, 2.05) is 41.1 Å². The third kappa shape index (κ3) is 3.37. The van der Waals surface area contributed by atoms with Gasteiger partial charge in [-0.05, 0) is 19.2 Å². The van der Waals surface area contributed by atoms with Gasteiger partial charge in [0.05, 0.1) is 18.4 Å². The summed E-state index contributed by atoms with van der Waals surface area (Å²) in [5, 5.41) is 0. The maximum atomic E-state index is 12.7. The highest BCUT2D eigenvalue weighted by atomic mass is 16.2. The molecule has 0 atom stereocenters. The number of nitrogens with zero attached hydrogens (tertiary/aromatic N) is 4. The quantitative estimate of drug-likeness (QED) is 0.872. The monoisotopic (exact) mass is 313 g/mol. The van der Waals surface area contributed by atoms with Gasteiger partial charge >= 0.3 is 0 Å². The summed E-state index contributed by atoms with van der Waals surface area (Å²) < 4.78 is 0. The highest BCUT2D eigenvalue weighted by molar-refractivity contribution is 5.95. The van der Waals surface area contributed by atoms with Crippen LogP contribution in [0.4, 0.5) is 0 Å². The Bertz CT molecular complexity index is 659. The van der Waals surface area contributed by atoms with E-state index in [4.69, 9.17) is 5.73 Å². The number of hydrogen-bond donors (Lipinski definition) is 1. The molecule has 1 aromatic carbocycles. The van der Waals surface area contributed by atoms with Crippen molar-refractivity contribution in [2.45, 2.75) is 0 Å². The standard InChI is InChI=1S/C17H23N5O/c1-20-6-8-22(9-7-20)17(23)14-5-3-4-13(10-14)15-11-19-16(18)12-21(15)2/h3-5,10-11H,6-9,12H2,1-2H3,(H2,18,19). The highest BCUT2D eigenvalue weighted by Gasteiger charge is 2.21. The summed E-state index contributed by atoms with van der Waals surface area (Å²) in [6.07, 6.45) is 1.76. The van der Waals surface area contributed by atoms with Gasteiger partial charge in [0.1, 0.15) is 5.84 Å². The largest absolute Gasteiger partial charge is 0.386 e. The van der Waals surface area contributed by atoms with E-state index in [0.29, 0.717) is 12.4 Å². The van der Waals surface area contributed by atoms with Crippen molar-refractivity contribution >= 4 is 17.4 Å². The topological polar surface area (TPSA) is 65.2 Å². The number of aliphatic imine (C=N–C) groups is 1. The number of carbonyl (C=O) groups is 1. The minimum atomic E-state index is 0.0991. The lowest BCUT2D eigenvalue weighted by molar-refractivity contribution is 0.0664. The van der Waals surface area contributed by atoms with Gasteiger partial charge in [-0.15, -0.1) is 0 Å². The van der Waals surface area contributed by atoms with Gasteiger partial charge < -0.3 is 20.4 Å². The molecule has 0 unspecified atom stereocenters. The summed E-state index contributed by atoms with van der Waals surface area (Å²) in [6, 6.07) is 7.75. The Balaban J connectivity index is 1.81. The second kappa shape index (κ2) is 6.42. The Morgan fingerprint density at radius 1 is 1.17 bits per heavy atom. The van der Waals surface area contributed by atoms with Crippen LogP contribution in [0.1, 0.15) is 15.9 Å². The van der Waals surface area contributed by atoms with Crippen molar-refractivity contribution < 1.29 is 4.79 Å². The molecule has 23 heavy (non-hydrogen) atoms. The molecule has 0 bridgehead atoms. The number of hydrogen-bond acceptors (Lipinski definition) is 5. The summed E-state index contributed by atoms with van der Waals surface area (Å²) >= 11 is 0. The van der Waals surface area contributed by atoms with Gasteiger partial charge in [-0.2, -0.15) is 0 Å². The maximum absolute atomic E-state index is 12.7. The van der Waals surface area contributed by atoms with Gasteiger partial charge in [-0.25, -0.2) is 4.99 Å². The van der Waals surface area contributed by atoms with Gasteiger partial charge in [0, 0.05) is 44.4 Å². The molecule has 6 heteroatoms. The van der Waals surface area contributed by atoms with E-state index in [0.717, 1.165) is 43.0 Å². The fourth-order valence-corrected chi connectivity index (χ4v) is 2.91. The van der Waals surface area contributed by atoms with E-state index < -0.39 is 0 Å². The number of piperazine rings is 1. The van der Waals surface area contributed by atoms with Crippen molar-refractivity contribution in [3.05, 3.63) is 41.6 Å². The van der Waals surface area contributed by atoms with Crippen LogP contribution in [0.3, 0.4) is 0 Å². The van der Waals surface area contributed by atoms with Crippen LogP contribution in [-0.2, 0) is 0 Å². The lowest BCUT2D eigenvalue weighted by Gasteiger charge is -2.32. The number of nitrogens with two attached hydrogens (primary N) is 1. The zero-order valence-electron chi connectivity index (χ0n) is 13.7. The summed E-state index contributed by atoms with van der Waals surface area (Å²) in [7, 11) is 4.06. The Morgan fingerprint density at radius 2 is 1.91 bits per heavy atom. The zero-order valence-corrected chi connectivity index (χ0v) is 13.7. The van der Waals surface area contributed by atoms with Crippen LogP contribution < -0.4 is 5.73 Å². The molecule has 0 aliphatic carbocycles. The van der Waals surface area contributed by atoms with E-state index in [1.54, 1.807) is 6.20 Å². The van der Waals surface area contributed by atoms with E-state index in [-0.39, 0.29) is 5.91 Å². The summed E-state index contributed by atoms with van der Waals surface area (Å²) in [4.78, 5) is 23.1. The molecule has 2 N–H and O–H groups in total. The predicted octanol–water partition coefficient (Wildman–Crippen LogP) is 0.675. The summed E-state index contributed by atoms with van der Waals surface area (Å²) in [5.74, 6) is 0.697. The second-order valence-corrected chi connectivity index (χ2v) is 6.17. The first kappa shape index (κ1) is 15.6. The number of rotatable bonds is 2. The molecule has 1 aromatic rings. The first-order chi connectivity index (χ1) is 11.0. The molecule has 6 nitrogen and oxygen atoms in total. The van der Waals surface area contributed by atoms with Crippen molar-refractivity contribution in [2.24, 2.45) is 10.7 Å². The summed E-state index contributed by atoms with van der Waals surface area (Å²) in [6.45, 7) is 4.01. The zero-order chi connectivity index (χ0) is 16.4. The normalized spacial score (nSPS) is 19.4. The third-order valence-corrected chi connectivity index (χ3v) is 4.36. The molecule has 2 aliphatic heterocycles. The first-order valence-electron chi connectivity index (χ1n) is 7.86. The van der Waals surface area contributed by atoms with E-state index in [2.05, 4.69) is 16.9 Å². The molecule has 0 spiro atoms. The SMILES string of the molecule is CN1CCN(C(=O)c2cccc(C3=CN=C(N)CN3C)c2)CC1. The van der Waals surface area contributed by atoms with Crippen molar-refractivity contribution in [1.82, 2.24) is 14.7 Å². The molecule has 0 aromatic heterocycles. The van der Waals surface area contributed by atoms with Crippen LogP contribution in [0.2, 0.25) is 0 Å². The van der Waals surface area contributed by atoms with E-state index in [1.165, 1.54) is 0 Å². The first-order valence-corrected chi connectivity index (χ1v) is 7.86. The second-order valence-electron chi connectivity index (χ2n) is 6.17. The molecule has 1 saturated heterocycles. The minimum absolute atomic E-state index is 0.0991. The lowest BCUT2D eigenvalue weighted by atomic mass is 10.1. The molecule has 122 valence electrons. The van der Waals surface area contributed by atoms with Crippen molar-refractivity contribution in [3.8, 4) is 0 Å². The smallest absolute Gasteiger partial charge is 0.253 e. The lowest BCUT2D eigenvalue weighted by Crippen LogP contribution is -2.47. The third-order valence-electron chi connectivity index (χ3n) is 4.36. The number of amides is 1. The van der Waals surface area contributed by atoms with E-state index >= 15 is 0 Å². The average molecular weight is 313 g/mol. The molecule has 1 amide bonds. The number of amidine groups is 1. The summed E-state index contributed by atoms with van der Waals surface area (Å²) in [5.41, 5.74) is 8.45. The van der Waals surface area contributed by atoms with E-state index in [9.17, 15) is 4.79 Å². The Labute approximate surface area is 136 Å². The van der Waals surface area contributed by atoms with Crippen molar-refractivity contribution in [2.75, 3.05) is 46.8 Å². The Hall–Kier alpha value is -2.34. The molecule has 2 heterocycles. The number of likely N-dealkylation sites (N-methyl/N-ethyl adjacent to an activating group) is 2. The fraction of sp³-hybridized carbons (Fsp3) is 0.412. The molecule has 0 saturated carbocycles. The molecular formula is C17H23N5O. The minimum Gasteiger partial charge on any atom is -0.386 e. The van der Waals surface area contributed by atoms with Crippen molar-refractivity contribution in [3.63, 3.8) is 0 Å². The molecule has 0 radical (unpaired) electrons. The van der Waals surface area contributed by atoms with Gasteiger partial charge in [-0.1, -0.05) is 12.1 Å². The molecule has 3 rings (SSSR count). The molecule has 1 fully saturated rings. The highest BCUT2D eigenvalue weighted by Crippen LogP contribution is 2.22. The average Bonchev–Trinajstić information content (AvgIpc) is 2.55. The predicted molar refractivity (Wildman–Crippen MR) is 92.1 cm³/mol. The van der Waals surface area contributed by atoms with Gasteiger partial charge in [0.2, 0.25) is 0 Å². The van der Waals surface area contributed by atoms with Crippen LogP contribution in [0.25, 0.3) is 5.70 Å². The van der Waals surface area contributed by atoms with Crippen LogP contribution >= 0.6 is 0 Å². The maximum Gasteiger partial charge on any atom is 0.253 e. The van der Waals surface area contributed by atoms with Gasteiger partial charge in [0.15, 0.2) is 0 Å². The van der Waals surface area contributed by atoms with Crippen molar-refractivity contribution in [1.29, 1.82) is 0 Å². The van der Waals surface area contributed by atoms with Crippen LogP contribution in [-0.4, -0.2) is 73.3 Å². The van der Waals surface area contributed by atoms with Crippen LogP contribution in [0, 0.1) is 0 Å². The Morgan fingerprint density at radius 3 is 2.61 bits per heavy atom. The van der Waals surface area contributed by atoms with Crippen LogP contribution in [0.15, 0.2) is 35.5 Å². The fourth-order valence-electron chi connectivity index (χ4n) is 2.91. The molecular weight excluding hydrogens is 290 g/mol. The van der Waals surface area contributed by atoms with Crippen LogP contribution in [0.5, 0.6) is 0 Å². The Kier molecular flexibility index (Phi) is 4.34.